The standard InChI is InChI=1S/C15H23FN2O3/c1-15(9-19,10-20)8-18(4)14(21)12-6-5-11(17(2)3)7-13(12)16/h5-7,19-20H,8-10H2,1-4H3. The molecule has 1 aromatic carbocycles. The third-order valence-corrected chi connectivity index (χ3v) is 3.43. The molecule has 0 aliphatic carbocycles. The zero-order chi connectivity index (χ0) is 16.2. The molecule has 0 aromatic heterocycles. The molecule has 118 valence electrons. The number of hydrogen-bond donors (Lipinski definition) is 2. The Labute approximate surface area is 124 Å². The largest absolute Gasteiger partial charge is 0.396 e. The predicted octanol–water partition coefficient (Wildman–Crippen LogP) is 0.955. The fourth-order valence-electron chi connectivity index (χ4n) is 1.96. The van der Waals surface area contributed by atoms with E-state index < -0.39 is 17.1 Å². The first-order chi connectivity index (χ1) is 9.74. The monoisotopic (exact) mass is 298 g/mol. The number of aliphatic hydroxyl groups is 2. The smallest absolute Gasteiger partial charge is 0.256 e. The van der Waals surface area contributed by atoms with Crippen LogP contribution in [0.4, 0.5) is 10.1 Å². The molecule has 0 heterocycles. The summed E-state index contributed by atoms with van der Waals surface area (Å²) >= 11 is 0. The Bertz CT molecular complexity index is 502. The van der Waals surface area contributed by atoms with Crippen LogP contribution in [-0.4, -0.2) is 61.9 Å². The molecule has 0 atom stereocenters. The van der Waals surface area contributed by atoms with Crippen LogP contribution in [0.25, 0.3) is 0 Å². The minimum absolute atomic E-state index is 0.0265. The second-order valence-electron chi connectivity index (χ2n) is 5.85. The topological polar surface area (TPSA) is 64.0 Å². The summed E-state index contributed by atoms with van der Waals surface area (Å²) in [5, 5.41) is 18.5. The van der Waals surface area contributed by atoms with Crippen molar-refractivity contribution in [3.8, 4) is 0 Å². The minimum atomic E-state index is -0.815. The molecule has 0 spiro atoms. The molecular weight excluding hydrogens is 275 g/mol. The van der Waals surface area contributed by atoms with E-state index in [1.54, 1.807) is 32.0 Å². The summed E-state index contributed by atoms with van der Waals surface area (Å²) in [7, 11) is 5.10. The molecule has 0 unspecified atom stereocenters. The van der Waals surface area contributed by atoms with Crippen LogP contribution in [0.15, 0.2) is 18.2 Å². The van der Waals surface area contributed by atoms with Gasteiger partial charge in [0.25, 0.3) is 5.91 Å². The lowest BCUT2D eigenvalue weighted by Crippen LogP contribution is -2.41. The van der Waals surface area contributed by atoms with Crippen LogP contribution in [-0.2, 0) is 0 Å². The molecule has 1 amide bonds. The number of halogens is 1. The van der Waals surface area contributed by atoms with E-state index in [-0.39, 0.29) is 25.3 Å². The maximum atomic E-state index is 14.0. The van der Waals surface area contributed by atoms with Crippen molar-refractivity contribution in [2.75, 3.05) is 45.8 Å². The quantitative estimate of drug-likeness (QED) is 0.821. The summed E-state index contributed by atoms with van der Waals surface area (Å²) < 4.78 is 14.0. The van der Waals surface area contributed by atoms with Gasteiger partial charge in [-0.2, -0.15) is 0 Å². The van der Waals surface area contributed by atoms with E-state index in [1.807, 2.05) is 0 Å². The van der Waals surface area contributed by atoms with Crippen LogP contribution >= 0.6 is 0 Å². The van der Waals surface area contributed by atoms with E-state index in [0.29, 0.717) is 5.69 Å². The van der Waals surface area contributed by atoms with Crippen LogP contribution in [0.5, 0.6) is 0 Å². The molecule has 0 aliphatic rings. The van der Waals surface area contributed by atoms with E-state index in [1.165, 1.54) is 24.1 Å². The van der Waals surface area contributed by atoms with Gasteiger partial charge in [0.2, 0.25) is 0 Å². The summed E-state index contributed by atoms with van der Waals surface area (Å²) in [6.07, 6.45) is 0. The molecular formula is C15H23FN2O3. The molecule has 1 aromatic rings. The second-order valence-corrected chi connectivity index (χ2v) is 5.85. The molecule has 0 aliphatic heterocycles. The average Bonchev–Trinajstić information content (AvgIpc) is 2.46. The Balaban J connectivity index is 2.93. The first-order valence-electron chi connectivity index (χ1n) is 6.68. The number of aliphatic hydroxyl groups excluding tert-OH is 2. The van der Waals surface area contributed by atoms with Crippen LogP contribution in [0.3, 0.4) is 0 Å². The predicted molar refractivity (Wildman–Crippen MR) is 80.0 cm³/mol. The summed E-state index contributed by atoms with van der Waals surface area (Å²) in [4.78, 5) is 15.3. The normalized spacial score (nSPS) is 11.4. The highest BCUT2D eigenvalue weighted by Crippen LogP contribution is 2.20. The third kappa shape index (κ3) is 4.15. The highest BCUT2D eigenvalue weighted by atomic mass is 19.1. The molecule has 5 nitrogen and oxygen atoms in total. The maximum Gasteiger partial charge on any atom is 0.256 e. The van der Waals surface area contributed by atoms with Crippen molar-refractivity contribution >= 4 is 11.6 Å². The van der Waals surface area contributed by atoms with Crippen molar-refractivity contribution < 1.29 is 19.4 Å². The van der Waals surface area contributed by atoms with Gasteiger partial charge in [0.15, 0.2) is 0 Å². The van der Waals surface area contributed by atoms with Gasteiger partial charge in [0, 0.05) is 38.8 Å². The first-order valence-corrected chi connectivity index (χ1v) is 6.68. The molecule has 0 saturated heterocycles. The van der Waals surface area contributed by atoms with Gasteiger partial charge in [0.05, 0.1) is 18.8 Å². The third-order valence-electron chi connectivity index (χ3n) is 3.43. The molecule has 6 heteroatoms. The molecule has 0 saturated carbocycles. The Kier molecular flexibility index (Phi) is 5.69. The Morgan fingerprint density at radius 1 is 1.24 bits per heavy atom. The fourth-order valence-corrected chi connectivity index (χ4v) is 1.96. The first kappa shape index (κ1) is 17.4. The van der Waals surface area contributed by atoms with Crippen molar-refractivity contribution in [1.82, 2.24) is 4.90 Å². The van der Waals surface area contributed by atoms with Gasteiger partial charge in [0.1, 0.15) is 5.82 Å². The van der Waals surface area contributed by atoms with Crippen molar-refractivity contribution in [1.29, 1.82) is 0 Å². The number of amides is 1. The Hall–Kier alpha value is -1.66. The highest BCUT2D eigenvalue weighted by molar-refractivity contribution is 5.94. The Morgan fingerprint density at radius 2 is 1.81 bits per heavy atom. The molecule has 2 N–H and O–H groups in total. The molecule has 0 bridgehead atoms. The highest BCUT2D eigenvalue weighted by Gasteiger charge is 2.27. The van der Waals surface area contributed by atoms with E-state index >= 15 is 0 Å². The summed E-state index contributed by atoms with van der Waals surface area (Å²) in [6, 6.07) is 4.42. The van der Waals surface area contributed by atoms with Crippen LogP contribution < -0.4 is 4.90 Å². The van der Waals surface area contributed by atoms with Crippen molar-refractivity contribution in [2.24, 2.45) is 5.41 Å². The van der Waals surface area contributed by atoms with Crippen LogP contribution in [0.1, 0.15) is 17.3 Å². The van der Waals surface area contributed by atoms with Gasteiger partial charge in [-0.25, -0.2) is 4.39 Å². The summed E-state index contributed by atoms with van der Waals surface area (Å²) in [5.74, 6) is -1.07. The van der Waals surface area contributed by atoms with Gasteiger partial charge in [-0.15, -0.1) is 0 Å². The second kappa shape index (κ2) is 6.87. The zero-order valence-corrected chi connectivity index (χ0v) is 12.9. The average molecular weight is 298 g/mol. The number of benzene rings is 1. The van der Waals surface area contributed by atoms with Crippen LogP contribution in [0.2, 0.25) is 0 Å². The van der Waals surface area contributed by atoms with Gasteiger partial charge in [-0.1, -0.05) is 6.92 Å². The lowest BCUT2D eigenvalue weighted by Gasteiger charge is -2.30. The number of rotatable bonds is 6. The van der Waals surface area contributed by atoms with Gasteiger partial charge >= 0.3 is 0 Å². The zero-order valence-electron chi connectivity index (χ0n) is 12.9. The van der Waals surface area contributed by atoms with Gasteiger partial charge < -0.3 is 20.0 Å². The number of nitrogens with zero attached hydrogens (tertiary/aromatic N) is 2. The number of carbonyl (C=O) groups is 1. The minimum Gasteiger partial charge on any atom is -0.396 e. The molecule has 1 rings (SSSR count). The number of carbonyl (C=O) groups excluding carboxylic acids is 1. The van der Waals surface area contributed by atoms with Crippen LogP contribution in [0, 0.1) is 11.2 Å². The molecule has 0 radical (unpaired) electrons. The van der Waals surface area contributed by atoms with Crippen molar-refractivity contribution in [2.45, 2.75) is 6.92 Å². The van der Waals surface area contributed by atoms with Crippen molar-refractivity contribution in [3.63, 3.8) is 0 Å². The van der Waals surface area contributed by atoms with Gasteiger partial charge in [-0.3, -0.25) is 4.79 Å². The van der Waals surface area contributed by atoms with E-state index in [0.717, 1.165) is 0 Å². The number of hydrogen-bond acceptors (Lipinski definition) is 4. The molecule has 21 heavy (non-hydrogen) atoms. The SMILES string of the molecule is CN(CC(C)(CO)CO)C(=O)c1ccc(N(C)C)cc1F. The van der Waals surface area contributed by atoms with Gasteiger partial charge in [-0.05, 0) is 18.2 Å². The molecule has 0 fully saturated rings. The van der Waals surface area contributed by atoms with E-state index in [9.17, 15) is 19.4 Å². The lowest BCUT2D eigenvalue weighted by atomic mass is 9.92. The summed E-state index contributed by atoms with van der Waals surface area (Å²) in [6.45, 7) is 1.27. The van der Waals surface area contributed by atoms with Crippen molar-refractivity contribution in [3.05, 3.63) is 29.6 Å². The van der Waals surface area contributed by atoms with E-state index in [2.05, 4.69) is 0 Å². The maximum absolute atomic E-state index is 14.0. The van der Waals surface area contributed by atoms with E-state index in [4.69, 9.17) is 0 Å². The fraction of sp³-hybridized carbons (Fsp3) is 0.533. The lowest BCUT2D eigenvalue weighted by molar-refractivity contribution is 0.0364. The number of anilines is 1. The Morgan fingerprint density at radius 3 is 2.24 bits per heavy atom. The summed E-state index contributed by atoms with van der Waals surface area (Å²) in [5.41, 5.74) is -0.173.